The third-order valence-corrected chi connectivity index (χ3v) is 1.69. The van der Waals surface area contributed by atoms with E-state index in [1.54, 1.807) is 24.3 Å². The van der Waals surface area contributed by atoms with Crippen molar-refractivity contribution in [2.24, 2.45) is 5.11 Å². The molecule has 0 amide bonds. The average molecular weight is 214 g/mol. The second-order valence-electron chi connectivity index (χ2n) is 2.76. The number of nitrogens with zero attached hydrogens (tertiary/aromatic N) is 4. The largest absolute Gasteiger partial charge is 0.477 e. The molecule has 0 saturated carbocycles. The van der Waals surface area contributed by atoms with Crippen LogP contribution in [0.15, 0.2) is 35.0 Å². The minimum atomic E-state index is -1.29. The predicted molar refractivity (Wildman–Crippen MR) is 56.5 cm³/mol. The van der Waals surface area contributed by atoms with Gasteiger partial charge in [-0.15, -0.1) is 0 Å². The second kappa shape index (κ2) is 5.20. The highest BCUT2D eigenvalue weighted by atomic mass is 16.4. The summed E-state index contributed by atoms with van der Waals surface area (Å²) in [5.74, 6) is -1.29. The first-order valence-electron chi connectivity index (χ1n) is 4.17. The van der Waals surface area contributed by atoms with Crippen molar-refractivity contribution < 1.29 is 9.90 Å². The fraction of sp³-hybridized carbons (Fsp3) is 0. The van der Waals surface area contributed by atoms with E-state index < -0.39 is 5.97 Å². The van der Waals surface area contributed by atoms with E-state index in [0.717, 1.165) is 0 Å². The molecular formula is C10H6N4O2. The summed E-state index contributed by atoms with van der Waals surface area (Å²) >= 11 is 0. The molecule has 0 fully saturated rings. The molecule has 1 aromatic carbocycles. The summed E-state index contributed by atoms with van der Waals surface area (Å²) in [4.78, 5) is 13.2. The Morgan fingerprint density at radius 2 is 2.38 bits per heavy atom. The lowest BCUT2D eigenvalue weighted by Gasteiger charge is -1.95. The lowest BCUT2D eigenvalue weighted by Crippen LogP contribution is -1.97. The second-order valence-corrected chi connectivity index (χ2v) is 2.76. The summed E-state index contributed by atoms with van der Waals surface area (Å²) in [6.07, 6.45) is 1.21. The van der Waals surface area contributed by atoms with Crippen molar-refractivity contribution in [3.63, 3.8) is 0 Å². The Kier molecular flexibility index (Phi) is 3.67. The monoisotopic (exact) mass is 214 g/mol. The number of carboxylic acids is 1. The highest BCUT2D eigenvalue weighted by molar-refractivity contribution is 5.96. The molecule has 0 aliphatic rings. The number of azide groups is 1. The van der Waals surface area contributed by atoms with Gasteiger partial charge in [0.15, 0.2) is 0 Å². The number of benzene rings is 1. The van der Waals surface area contributed by atoms with Gasteiger partial charge in [0.25, 0.3) is 0 Å². The fourth-order valence-corrected chi connectivity index (χ4v) is 1.04. The number of aliphatic carboxylic acids is 1. The van der Waals surface area contributed by atoms with Gasteiger partial charge in [-0.3, -0.25) is 0 Å². The number of hydrogen-bond donors (Lipinski definition) is 1. The zero-order valence-corrected chi connectivity index (χ0v) is 8.03. The van der Waals surface area contributed by atoms with Gasteiger partial charge in [-0.1, -0.05) is 23.3 Å². The minimum absolute atomic E-state index is 0.360. The molecule has 0 saturated heterocycles. The third kappa shape index (κ3) is 2.87. The molecule has 1 N–H and O–H groups in total. The van der Waals surface area contributed by atoms with Gasteiger partial charge in [-0.25, -0.2) is 4.79 Å². The van der Waals surface area contributed by atoms with Crippen molar-refractivity contribution in [1.29, 1.82) is 5.26 Å². The van der Waals surface area contributed by atoms with E-state index in [2.05, 4.69) is 10.0 Å². The van der Waals surface area contributed by atoms with E-state index in [0.29, 0.717) is 11.3 Å². The molecular weight excluding hydrogens is 208 g/mol. The van der Waals surface area contributed by atoms with Gasteiger partial charge >= 0.3 is 5.97 Å². The van der Waals surface area contributed by atoms with Crippen molar-refractivity contribution in [1.82, 2.24) is 0 Å². The maximum absolute atomic E-state index is 10.6. The first kappa shape index (κ1) is 11.3. The molecule has 0 unspecified atom stereocenters. The minimum Gasteiger partial charge on any atom is -0.477 e. The van der Waals surface area contributed by atoms with Crippen LogP contribution >= 0.6 is 0 Å². The third-order valence-electron chi connectivity index (χ3n) is 1.69. The Bertz CT molecular complexity index is 536. The molecule has 6 heteroatoms. The summed E-state index contributed by atoms with van der Waals surface area (Å²) in [7, 11) is 0. The normalized spacial score (nSPS) is 10.1. The summed E-state index contributed by atoms with van der Waals surface area (Å²) < 4.78 is 0. The first-order chi connectivity index (χ1) is 7.67. The zero-order chi connectivity index (χ0) is 12.0. The number of rotatable bonds is 3. The van der Waals surface area contributed by atoms with Crippen molar-refractivity contribution in [2.45, 2.75) is 0 Å². The van der Waals surface area contributed by atoms with Crippen LogP contribution in [0.25, 0.3) is 16.5 Å². The van der Waals surface area contributed by atoms with Gasteiger partial charge in [-0.2, -0.15) is 5.26 Å². The predicted octanol–water partition coefficient (Wildman–Crippen LogP) is 2.62. The van der Waals surface area contributed by atoms with Crippen LogP contribution in [0.4, 0.5) is 5.69 Å². The van der Waals surface area contributed by atoms with Crippen molar-refractivity contribution in [3.8, 4) is 6.07 Å². The maximum atomic E-state index is 10.6. The smallest absolute Gasteiger partial charge is 0.346 e. The zero-order valence-electron chi connectivity index (χ0n) is 8.03. The van der Waals surface area contributed by atoms with Crippen LogP contribution < -0.4 is 0 Å². The van der Waals surface area contributed by atoms with Crippen LogP contribution in [0.3, 0.4) is 0 Å². The number of carboxylic acid groups (broad SMARTS) is 1. The van der Waals surface area contributed by atoms with Gasteiger partial charge < -0.3 is 5.11 Å². The highest BCUT2D eigenvalue weighted by Gasteiger charge is 2.05. The van der Waals surface area contributed by atoms with Crippen LogP contribution in [0.2, 0.25) is 0 Å². The van der Waals surface area contributed by atoms with Crippen LogP contribution in [0.5, 0.6) is 0 Å². The Labute approximate surface area is 90.7 Å². The summed E-state index contributed by atoms with van der Waals surface area (Å²) in [6.45, 7) is 0. The van der Waals surface area contributed by atoms with Gasteiger partial charge in [0.2, 0.25) is 0 Å². The molecule has 0 atom stereocenters. The molecule has 78 valence electrons. The molecule has 1 aromatic rings. The lowest BCUT2D eigenvalue weighted by atomic mass is 10.1. The van der Waals surface area contributed by atoms with Crippen LogP contribution in [0, 0.1) is 11.3 Å². The Morgan fingerprint density at radius 1 is 1.62 bits per heavy atom. The molecule has 0 aliphatic carbocycles. The van der Waals surface area contributed by atoms with Gasteiger partial charge in [0, 0.05) is 10.6 Å². The molecule has 16 heavy (non-hydrogen) atoms. The summed E-state index contributed by atoms with van der Waals surface area (Å²) in [5, 5.41) is 20.6. The van der Waals surface area contributed by atoms with Gasteiger partial charge in [0.05, 0.1) is 0 Å². The number of carbonyl (C=O) groups is 1. The van der Waals surface area contributed by atoms with Crippen LogP contribution in [-0.4, -0.2) is 11.1 Å². The quantitative estimate of drug-likeness (QED) is 0.274. The SMILES string of the molecule is N#C/C(=C\c1cccc(N=[N+]=[N-])c1)C(=O)O. The van der Waals surface area contributed by atoms with E-state index in [9.17, 15) is 4.79 Å². The molecule has 0 bridgehead atoms. The van der Waals surface area contributed by atoms with Gasteiger partial charge in [0.1, 0.15) is 11.6 Å². The topological polar surface area (TPSA) is 110 Å². The Balaban J connectivity index is 3.15. The molecule has 0 spiro atoms. The molecule has 0 aliphatic heterocycles. The maximum Gasteiger partial charge on any atom is 0.346 e. The first-order valence-corrected chi connectivity index (χ1v) is 4.17. The van der Waals surface area contributed by atoms with Crippen molar-refractivity contribution in [3.05, 3.63) is 45.8 Å². The van der Waals surface area contributed by atoms with Crippen LogP contribution in [0.1, 0.15) is 5.56 Å². The van der Waals surface area contributed by atoms with E-state index in [1.165, 1.54) is 12.1 Å². The van der Waals surface area contributed by atoms with E-state index in [-0.39, 0.29) is 5.57 Å². The highest BCUT2D eigenvalue weighted by Crippen LogP contribution is 2.16. The Morgan fingerprint density at radius 3 is 2.94 bits per heavy atom. The van der Waals surface area contributed by atoms with Crippen molar-refractivity contribution in [2.75, 3.05) is 0 Å². The summed E-state index contributed by atoms with van der Waals surface area (Å²) in [6, 6.07) is 7.83. The van der Waals surface area contributed by atoms with E-state index in [1.807, 2.05) is 0 Å². The summed E-state index contributed by atoms with van der Waals surface area (Å²) in [5.41, 5.74) is 8.70. The number of hydrogen-bond acceptors (Lipinski definition) is 3. The molecule has 6 nitrogen and oxygen atoms in total. The average Bonchev–Trinajstić information content (AvgIpc) is 2.26. The van der Waals surface area contributed by atoms with Crippen molar-refractivity contribution >= 4 is 17.7 Å². The Hall–Kier alpha value is -2.77. The number of nitriles is 1. The van der Waals surface area contributed by atoms with Crippen LogP contribution in [-0.2, 0) is 4.79 Å². The van der Waals surface area contributed by atoms with E-state index >= 15 is 0 Å². The molecule has 0 radical (unpaired) electrons. The lowest BCUT2D eigenvalue weighted by molar-refractivity contribution is -0.132. The molecule has 0 aromatic heterocycles. The van der Waals surface area contributed by atoms with E-state index in [4.69, 9.17) is 15.9 Å². The fourth-order valence-electron chi connectivity index (χ4n) is 1.04. The van der Waals surface area contributed by atoms with Gasteiger partial charge in [-0.05, 0) is 23.2 Å². The molecule has 0 heterocycles. The molecule has 1 rings (SSSR count). The standard InChI is InChI=1S/C10H6N4O2/c11-6-8(10(15)16)4-7-2-1-3-9(5-7)13-14-12/h1-5H,(H,15,16)/b8-4+.